The van der Waals surface area contributed by atoms with Crippen molar-refractivity contribution in [3.63, 3.8) is 0 Å². The molecule has 0 unspecified atom stereocenters. The van der Waals surface area contributed by atoms with Gasteiger partial charge < -0.3 is 4.74 Å². The van der Waals surface area contributed by atoms with Crippen LogP contribution in [0.25, 0.3) is 0 Å². The summed E-state index contributed by atoms with van der Waals surface area (Å²) >= 11 is 0. The van der Waals surface area contributed by atoms with Crippen molar-refractivity contribution in [2.24, 2.45) is 16.7 Å². The number of sulfonamides is 1. The molecule has 2 aliphatic carbocycles. The van der Waals surface area contributed by atoms with Crippen molar-refractivity contribution < 1.29 is 17.9 Å². The van der Waals surface area contributed by atoms with Crippen LogP contribution in [0.1, 0.15) is 51.2 Å². The van der Waals surface area contributed by atoms with Gasteiger partial charge in [-0.25, -0.2) is 13.2 Å². The minimum Gasteiger partial charge on any atom is -0.459 e. The standard InChI is InChI=1S/C28H35NO4S/c1-4-11-26(30)33-25-18-24-16-17-28(25,27(24,2)3)21-34(31,32)29(19-22-12-7-5-8-13-22)20-23-14-9-6-10-15-23/h4-15,24-25H,16-21H2,1-3H3/b11-4-/t24-,25-,28-/m1/s1. The van der Waals surface area contributed by atoms with E-state index < -0.39 is 27.5 Å². The fraction of sp³-hybridized carbons (Fsp3) is 0.464. The second-order valence-electron chi connectivity index (χ2n) is 10.3. The van der Waals surface area contributed by atoms with E-state index in [-0.39, 0.29) is 11.2 Å². The molecule has 2 aliphatic rings. The van der Waals surface area contributed by atoms with Crippen molar-refractivity contribution in [2.75, 3.05) is 5.75 Å². The number of fused-ring (bicyclic) bond motifs is 2. The third-order valence-electron chi connectivity index (χ3n) is 8.16. The summed E-state index contributed by atoms with van der Waals surface area (Å²) in [6.45, 7) is 6.70. The maximum absolute atomic E-state index is 14.1. The first-order valence-corrected chi connectivity index (χ1v) is 13.7. The molecule has 0 saturated heterocycles. The maximum Gasteiger partial charge on any atom is 0.330 e. The highest BCUT2D eigenvalue weighted by atomic mass is 32.2. The summed E-state index contributed by atoms with van der Waals surface area (Å²) in [6, 6.07) is 19.4. The third-order valence-corrected chi connectivity index (χ3v) is 10.1. The molecule has 0 N–H and O–H groups in total. The summed E-state index contributed by atoms with van der Waals surface area (Å²) in [5, 5.41) is 0. The molecule has 2 fully saturated rings. The lowest BCUT2D eigenvalue weighted by Gasteiger charge is -2.42. The lowest BCUT2D eigenvalue weighted by atomic mass is 9.69. The predicted octanol–water partition coefficient (Wildman–Crippen LogP) is 5.33. The summed E-state index contributed by atoms with van der Waals surface area (Å²) in [7, 11) is -3.67. The van der Waals surface area contributed by atoms with Crippen molar-refractivity contribution in [3.05, 3.63) is 83.9 Å². The molecule has 34 heavy (non-hydrogen) atoms. The molecule has 2 bridgehead atoms. The predicted molar refractivity (Wildman–Crippen MR) is 134 cm³/mol. The molecule has 6 heteroatoms. The summed E-state index contributed by atoms with van der Waals surface area (Å²) in [5.74, 6) is -0.0578. The van der Waals surface area contributed by atoms with Crippen LogP contribution >= 0.6 is 0 Å². The number of carbonyl (C=O) groups is 1. The Morgan fingerprint density at radius 3 is 2.09 bits per heavy atom. The first-order valence-electron chi connectivity index (χ1n) is 12.1. The van der Waals surface area contributed by atoms with Gasteiger partial charge in [-0.1, -0.05) is 80.6 Å². The van der Waals surface area contributed by atoms with Crippen LogP contribution in [0, 0.1) is 16.7 Å². The number of hydrogen-bond acceptors (Lipinski definition) is 4. The molecule has 2 aromatic rings. The summed E-state index contributed by atoms with van der Waals surface area (Å²) in [5.41, 5.74) is 1.07. The Morgan fingerprint density at radius 1 is 1.03 bits per heavy atom. The second-order valence-corrected chi connectivity index (χ2v) is 12.2. The Morgan fingerprint density at radius 2 is 1.59 bits per heavy atom. The van der Waals surface area contributed by atoms with E-state index in [4.69, 9.17) is 4.74 Å². The molecular formula is C28H35NO4S. The molecule has 182 valence electrons. The van der Waals surface area contributed by atoms with Gasteiger partial charge in [0.1, 0.15) is 6.10 Å². The Bertz CT molecular complexity index is 1090. The lowest BCUT2D eigenvalue weighted by molar-refractivity contribution is -0.150. The molecule has 0 spiro atoms. The van der Waals surface area contributed by atoms with Gasteiger partial charge in [0.05, 0.1) is 5.75 Å². The number of esters is 1. The van der Waals surface area contributed by atoms with E-state index in [0.29, 0.717) is 19.0 Å². The maximum atomic E-state index is 14.1. The number of ether oxygens (including phenoxy) is 1. The molecule has 5 nitrogen and oxygen atoms in total. The Hall–Kier alpha value is -2.44. The van der Waals surface area contributed by atoms with Crippen LogP contribution in [-0.4, -0.2) is 30.5 Å². The molecule has 0 aromatic heterocycles. The minimum absolute atomic E-state index is 0.0169. The van der Waals surface area contributed by atoms with Gasteiger partial charge in [0.2, 0.25) is 10.0 Å². The Kier molecular flexibility index (Phi) is 7.02. The van der Waals surface area contributed by atoms with Crippen LogP contribution in [0.2, 0.25) is 0 Å². The summed E-state index contributed by atoms with van der Waals surface area (Å²) in [6.07, 6.45) is 5.13. The van der Waals surface area contributed by atoms with E-state index in [1.165, 1.54) is 6.08 Å². The Labute approximate surface area is 203 Å². The Balaban J connectivity index is 1.66. The number of hydrogen-bond donors (Lipinski definition) is 0. The summed E-state index contributed by atoms with van der Waals surface area (Å²) < 4.78 is 35.7. The molecule has 0 radical (unpaired) electrons. The van der Waals surface area contributed by atoms with E-state index in [0.717, 1.165) is 30.4 Å². The number of carbonyl (C=O) groups excluding carboxylic acids is 1. The van der Waals surface area contributed by atoms with Crippen LogP contribution in [0.5, 0.6) is 0 Å². The lowest BCUT2D eigenvalue weighted by Crippen LogP contribution is -2.49. The topological polar surface area (TPSA) is 63.7 Å². The number of rotatable bonds is 9. The highest BCUT2D eigenvalue weighted by molar-refractivity contribution is 7.89. The van der Waals surface area contributed by atoms with Gasteiger partial charge in [0, 0.05) is 24.6 Å². The van der Waals surface area contributed by atoms with Gasteiger partial charge >= 0.3 is 5.97 Å². The van der Waals surface area contributed by atoms with E-state index in [1.54, 1.807) is 17.3 Å². The van der Waals surface area contributed by atoms with E-state index in [9.17, 15) is 13.2 Å². The van der Waals surface area contributed by atoms with Gasteiger partial charge in [0.25, 0.3) is 0 Å². The first kappa shape index (κ1) is 24.7. The molecule has 0 amide bonds. The third kappa shape index (κ3) is 4.71. The van der Waals surface area contributed by atoms with E-state index in [2.05, 4.69) is 13.8 Å². The van der Waals surface area contributed by atoms with Gasteiger partial charge in [-0.3, -0.25) is 0 Å². The monoisotopic (exact) mass is 481 g/mol. The van der Waals surface area contributed by atoms with Crippen LogP contribution in [0.15, 0.2) is 72.8 Å². The van der Waals surface area contributed by atoms with Crippen LogP contribution < -0.4 is 0 Å². The van der Waals surface area contributed by atoms with Gasteiger partial charge in [-0.05, 0) is 48.6 Å². The molecule has 0 aliphatic heterocycles. The zero-order valence-electron chi connectivity index (χ0n) is 20.3. The highest BCUT2D eigenvalue weighted by Crippen LogP contribution is 2.67. The molecule has 0 heterocycles. The fourth-order valence-electron chi connectivity index (χ4n) is 6.06. The van der Waals surface area contributed by atoms with Gasteiger partial charge in [-0.2, -0.15) is 4.31 Å². The van der Waals surface area contributed by atoms with Crippen LogP contribution in [-0.2, 0) is 32.6 Å². The number of allylic oxidation sites excluding steroid dienone is 1. The highest BCUT2D eigenvalue weighted by Gasteiger charge is 2.67. The van der Waals surface area contributed by atoms with Gasteiger partial charge in [0.15, 0.2) is 0 Å². The molecule has 2 aromatic carbocycles. The summed E-state index contributed by atoms with van der Waals surface area (Å²) in [4.78, 5) is 12.3. The van der Waals surface area contributed by atoms with Crippen molar-refractivity contribution in [2.45, 2.75) is 59.2 Å². The van der Waals surface area contributed by atoms with Crippen molar-refractivity contribution in [1.29, 1.82) is 0 Å². The van der Waals surface area contributed by atoms with Crippen LogP contribution in [0.4, 0.5) is 0 Å². The molecule has 3 atom stereocenters. The van der Waals surface area contributed by atoms with Crippen molar-refractivity contribution in [1.82, 2.24) is 4.31 Å². The molecule has 4 rings (SSSR count). The van der Waals surface area contributed by atoms with E-state index >= 15 is 0 Å². The number of nitrogens with zero attached hydrogens (tertiary/aromatic N) is 1. The largest absolute Gasteiger partial charge is 0.459 e. The smallest absolute Gasteiger partial charge is 0.330 e. The number of benzene rings is 2. The average molecular weight is 482 g/mol. The zero-order valence-corrected chi connectivity index (χ0v) is 21.1. The second kappa shape index (κ2) is 9.67. The first-order chi connectivity index (χ1) is 16.2. The molecule has 2 saturated carbocycles. The quantitative estimate of drug-likeness (QED) is 0.359. The van der Waals surface area contributed by atoms with Gasteiger partial charge in [-0.15, -0.1) is 0 Å². The fourth-order valence-corrected chi connectivity index (χ4v) is 8.29. The SMILES string of the molecule is C/C=C\C(=O)O[C@@H]1C[C@H]2CC[C@]1(CS(=O)(=O)N(Cc1ccccc1)Cc1ccccc1)C2(C)C. The van der Waals surface area contributed by atoms with Crippen molar-refractivity contribution >= 4 is 16.0 Å². The normalized spacial score (nSPS) is 25.8. The average Bonchev–Trinajstić information content (AvgIpc) is 3.15. The van der Waals surface area contributed by atoms with Crippen molar-refractivity contribution in [3.8, 4) is 0 Å². The molecular weight excluding hydrogens is 446 g/mol. The van der Waals surface area contributed by atoms with E-state index in [1.807, 2.05) is 60.7 Å². The van der Waals surface area contributed by atoms with Crippen LogP contribution in [0.3, 0.4) is 0 Å². The minimum atomic E-state index is -3.67. The zero-order chi connectivity index (χ0) is 24.4.